The zero-order valence-corrected chi connectivity index (χ0v) is 12.2. The third-order valence-corrected chi connectivity index (χ3v) is 4.66. The van der Waals surface area contributed by atoms with Crippen molar-refractivity contribution in [3.05, 3.63) is 34.9 Å². The number of carboxylic acid groups (broad SMARTS) is 1. The Balaban J connectivity index is 1.64. The Morgan fingerprint density at radius 3 is 2.67 bits per heavy atom. The van der Waals surface area contributed by atoms with Crippen molar-refractivity contribution in [1.82, 2.24) is 4.90 Å². The highest BCUT2D eigenvalue weighted by Gasteiger charge is 2.30. The van der Waals surface area contributed by atoms with Gasteiger partial charge in [0.25, 0.3) is 0 Å². The summed E-state index contributed by atoms with van der Waals surface area (Å²) in [5, 5.41) is 9.00. The topological polar surface area (TPSA) is 57.6 Å². The molecule has 1 unspecified atom stereocenters. The summed E-state index contributed by atoms with van der Waals surface area (Å²) in [6.07, 6.45) is 5.72. The molecular formula is C17H21NO3. The minimum Gasteiger partial charge on any atom is -0.481 e. The summed E-state index contributed by atoms with van der Waals surface area (Å²) in [5.74, 6) is -1.13. The predicted octanol–water partition coefficient (Wildman–Crippen LogP) is 2.04. The monoisotopic (exact) mass is 287 g/mol. The van der Waals surface area contributed by atoms with E-state index >= 15 is 0 Å². The van der Waals surface area contributed by atoms with Gasteiger partial charge in [0, 0.05) is 13.1 Å². The summed E-state index contributed by atoms with van der Waals surface area (Å²) in [7, 11) is 0. The molecule has 0 aromatic heterocycles. The first kappa shape index (κ1) is 14.1. The number of benzene rings is 1. The molecule has 2 aliphatic rings. The first-order valence-corrected chi connectivity index (χ1v) is 7.75. The fraction of sp³-hybridized carbons (Fsp3) is 0.529. The maximum Gasteiger partial charge on any atom is 0.308 e. The summed E-state index contributed by atoms with van der Waals surface area (Å²) in [6.45, 7) is 0.930. The van der Waals surface area contributed by atoms with Crippen LogP contribution < -0.4 is 0 Å². The number of carbonyl (C=O) groups excluding carboxylic acids is 1. The quantitative estimate of drug-likeness (QED) is 0.925. The van der Waals surface area contributed by atoms with Gasteiger partial charge in [-0.1, -0.05) is 18.2 Å². The molecular weight excluding hydrogens is 266 g/mol. The summed E-state index contributed by atoms with van der Waals surface area (Å²) in [4.78, 5) is 24.9. The lowest BCUT2D eigenvalue weighted by Gasteiger charge is -2.18. The van der Waals surface area contributed by atoms with Gasteiger partial charge in [0.15, 0.2) is 0 Å². The number of hydrogen-bond acceptors (Lipinski definition) is 2. The van der Waals surface area contributed by atoms with Crippen LogP contribution in [0.3, 0.4) is 0 Å². The zero-order chi connectivity index (χ0) is 14.8. The minimum atomic E-state index is -0.793. The number of amides is 1. The van der Waals surface area contributed by atoms with Crippen LogP contribution in [-0.2, 0) is 28.9 Å². The standard InChI is InChI=1S/C17H21NO3/c19-16(18-8-7-15(11-18)17(20)21)10-12-5-6-13-3-1-2-4-14(13)9-12/h5-6,9,15H,1-4,7-8,10-11H2,(H,20,21). The van der Waals surface area contributed by atoms with Crippen LogP contribution in [0.25, 0.3) is 0 Å². The second-order valence-electron chi connectivity index (χ2n) is 6.15. The molecule has 3 rings (SSSR count). The molecule has 4 nitrogen and oxygen atoms in total. The Hall–Kier alpha value is -1.84. The highest BCUT2D eigenvalue weighted by molar-refractivity contribution is 5.80. The fourth-order valence-corrected chi connectivity index (χ4v) is 3.37. The minimum absolute atomic E-state index is 0.0505. The number of hydrogen-bond donors (Lipinski definition) is 1. The number of carboxylic acids is 1. The van der Waals surface area contributed by atoms with E-state index < -0.39 is 11.9 Å². The van der Waals surface area contributed by atoms with Gasteiger partial charge in [-0.2, -0.15) is 0 Å². The van der Waals surface area contributed by atoms with Gasteiger partial charge in [0.1, 0.15) is 0 Å². The summed E-state index contributed by atoms with van der Waals surface area (Å²) in [6, 6.07) is 6.37. The molecule has 112 valence electrons. The Morgan fingerprint density at radius 1 is 1.19 bits per heavy atom. The molecule has 1 aromatic carbocycles. The molecule has 1 atom stereocenters. The van der Waals surface area contributed by atoms with Gasteiger partial charge in [-0.15, -0.1) is 0 Å². The van der Waals surface area contributed by atoms with Gasteiger partial charge in [-0.3, -0.25) is 9.59 Å². The van der Waals surface area contributed by atoms with E-state index in [9.17, 15) is 9.59 Å². The maximum absolute atomic E-state index is 12.3. The number of rotatable bonds is 3. The van der Waals surface area contributed by atoms with Gasteiger partial charge in [0.2, 0.25) is 5.91 Å². The Labute approximate surface area is 124 Å². The van der Waals surface area contributed by atoms with E-state index in [4.69, 9.17) is 5.11 Å². The average Bonchev–Trinajstić information content (AvgIpc) is 2.97. The van der Waals surface area contributed by atoms with Crippen molar-refractivity contribution in [3.8, 4) is 0 Å². The maximum atomic E-state index is 12.3. The van der Waals surface area contributed by atoms with E-state index in [-0.39, 0.29) is 5.91 Å². The molecule has 0 radical (unpaired) electrons. The molecule has 1 N–H and O–H groups in total. The lowest BCUT2D eigenvalue weighted by Crippen LogP contribution is -2.31. The fourth-order valence-electron chi connectivity index (χ4n) is 3.37. The van der Waals surface area contributed by atoms with Crippen molar-refractivity contribution >= 4 is 11.9 Å². The second-order valence-corrected chi connectivity index (χ2v) is 6.15. The lowest BCUT2D eigenvalue weighted by atomic mass is 9.90. The second kappa shape index (κ2) is 5.88. The SMILES string of the molecule is O=C(O)C1CCN(C(=O)Cc2ccc3c(c2)CCCC3)C1. The van der Waals surface area contributed by atoms with Crippen LogP contribution in [0.4, 0.5) is 0 Å². The summed E-state index contributed by atoms with van der Waals surface area (Å²) in [5.41, 5.74) is 3.86. The number of nitrogens with zero attached hydrogens (tertiary/aromatic N) is 1. The third-order valence-electron chi connectivity index (χ3n) is 4.66. The first-order chi connectivity index (χ1) is 10.1. The predicted molar refractivity (Wildman–Crippen MR) is 79.1 cm³/mol. The molecule has 1 aromatic rings. The molecule has 1 aliphatic carbocycles. The molecule has 1 amide bonds. The van der Waals surface area contributed by atoms with Crippen LogP contribution >= 0.6 is 0 Å². The third kappa shape index (κ3) is 3.09. The largest absolute Gasteiger partial charge is 0.481 e. The number of aryl methyl sites for hydroxylation is 2. The Kier molecular flexibility index (Phi) is 3.95. The van der Waals surface area contributed by atoms with Gasteiger partial charge in [0.05, 0.1) is 12.3 Å². The molecule has 4 heteroatoms. The molecule has 1 heterocycles. The van der Waals surface area contributed by atoms with E-state index in [1.165, 1.54) is 24.0 Å². The number of carbonyl (C=O) groups is 2. The normalized spacial score (nSPS) is 21.1. The van der Waals surface area contributed by atoms with E-state index in [1.807, 2.05) is 6.07 Å². The van der Waals surface area contributed by atoms with Crippen molar-refractivity contribution in [3.63, 3.8) is 0 Å². The van der Waals surface area contributed by atoms with Crippen molar-refractivity contribution in [2.45, 2.75) is 38.5 Å². The van der Waals surface area contributed by atoms with Crippen LogP contribution in [0.5, 0.6) is 0 Å². The zero-order valence-electron chi connectivity index (χ0n) is 12.2. The van der Waals surface area contributed by atoms with Gasteiger partial charge in [-0.05, 0) is 48.8 Å². The van der Waals surface area contributed by atoms with Crippen LogP contribution in [0.2, 0.25) is 0 Å². The van der Waals surface area contributed by atoms with Crippen LogP contribution in [-0.4, -0.2) is 35.0 Å². The van der Waals surface area contributed by atoms with Crippen LogP contribution in [0, 0.1) is 5.92 Å². The average molecular weight is 287 g/mol. The molecule has 1 aliphatic heterocycles. The molecule has 0 bridgehead atoms. The van der Waals surface area contributed by atoms with E-state index in [0.29, 0.717) is 25.9 Å². The molecule has 21 heavy (non-hydrogen) atoms. The van der Waals surface area contributed by atoms with Gasteiger partial charge >= 0.3 is 5.97 Å². The van der Waals surface area contributed by atoms with E-state index in [1.54, 1.807) is 4.90 Å². The smallest absolute Gasteiger partial charge is 0.308 e. The van der Waals surface area contributed by atoms with Gasteiger partial charge in [-0.25, -0.2) is 0 Å². The van der Waals surface area contributed by atoms with Crippen LogP contribution in [0.1, 0.15) is 36.0 Å². The van der Waals surface area contributed by atoms with Crippen molar-refractivity contribution in [1.29, 1.82) is 0 Å². The highest BCUT2D eigenvalue weighted by Crippen LogP contribution is 2.23. The number of aliphatic carboxylic acids is 1. The summed E-state index contributed by atoms with van der Waals surface area (Å²) < 4.78 is 0. The van der Waals surface area contributed by atoms with Crippen molar-refractivity contribution in [2.75, 3.05) is 13.1 Å². The lowest BCUT2D eigenvalue weighted by molar-refractivity contribution is -0.141. The number of likely N-dealkylation sites (tertiary alicyclic amines) is 1. The summed E-state index contributed by atoms with van der Waals surface area (Å²) >= 11 is 0. The first-order valence-electron chi connectivity index (χ1n) is 7.75. The van der Waals surface area contributed by atoms with E-state index in [2.05, 4.69) is 12.1 Å². The number of fused-ring (bicyclic) bond motifs is 1. The molecule has 0 spiro atoms. The molecule has 0 saturated carbocycles. The van der Waals surface area contributed by atoms with E-state index in [0.717, 1.165) is 18.4 Å². The highest BCUT2D eigenvalue weighted by atomic mass is 16.4. The Morgan fingerprint density at radius 2 is 1.95 bits per heavy atom. The molecule has 1 saturated heterocycles. The Bertz CT molecular complexity index is 567. The van der Waals surface area contributed by atoms with Crippen LogP contribution in [0.15, 0.2) is 18.2 Å². The van der Waals surface area contributed by atoms with Crippen molar-refractivity contribution in [2.24, 2.45) is 5.92 Å². The molecule has 1 fully saturated rings. The van der Waals surface area contributed by atoms with Gasteiger partial charge < -0.3 is 10.0 Å². The van der Waals surface area contributed by atoms with Crippen molar-refractivity contribution < 1.29 is 14.7 Å².